The molecule has 0 bridgehead atoms. The normalized spacial score (nSPS) is 15.2. The highest BCUT2D eigenvalue weighted by Crippen LogP contribution is 2.36. The van der Waals surface area contributed by atoms with Crippen molar-refractivity contribution in [3.63, 3.8) is 0 Å². The number of nitrogens with one attached hydrogen (secondary N) is 2. The number of nitrogens with zero attached hydrogens (tertiary/aromatic N) is 3. The molecule has 0 aliphatic carbocycles. The summed E-state index contributed by atoms with van der Waals surface area (Å²) in [7, 11) is 1.57. The maximum absolute atomic E-state index is 13.2. The largest absolute Gasteiger partial charge is 0.496 e. The van der Waals surface area contributed by atoms with E-state index in [4.69, 9.17) is 29.7 Å². The number of methoxy groups -OCH3 is 1. The molecule has 1 fully saturated rings. The lowest BCUT2D eigenvalue weighted by atomic mass is 9.89. The predicted molar refractivity (Wildman–Crippen MR) is 144 cm³/mol. The predicted octanol–water partition coefficient (Wildman–Crippen LogP) is 4.19. The van der Waals surface area contributed by atoms with E-state index < -0.39 is 11.7 Å². The van der Waals surface area contributed by atoms with Gasteiger partial charge in [-0.05, 0) is 31.5 Å². The van der Waals surface area contributed by atoms with Gasteiger partial charge in [-0.25, -0.2) is 9.78 Å². The van der Waals surface area contributed by atoms with Crippen molar-refractivity contribution in [2.24, 2.45) is 0 Å². The van der Waals surface area contributed by atoms with E-state index in [9.17, 15) is 4.79 Å². The number of pyridine rings is 1. The molecule has 9 nitrogen and oxygen atoms in total. The van der Waals surface area contributed by atoms with Gasteiger partial charge >= 0.3 is 5.76 Å². The molecule has 1 aliphatic heterocycles. The summed E-state index contributed by atoms with van der Waals surface area (Å²) in [6.07, 6.45) is 0. The van der Waals surface area contributed by atoms with Crippen molar-refractivity contribution in [3.8, 4) is 5.75 Å². The summed E-state index contributed by atoms with van der Waals surface area (Å²) in [6.45, 7) is 7.10. The Kier molecular flexibility index (Phi) is 6.90. The summed E-state index contributed by atoms with van der Waals surface area (Å²) in [5.74, 6) is -0.419. The van der Waals surface area contributed by atoms with Crippen LogP contribution < -0.4 is 10.5 Å². The van der Waals surface area contributed by atoms with Crippen molar-refractivity contribution >= 4 is 33.4 Å². The monoisotopic (exact) mass is 501 g/mol. The third-order valence-corrected chi connectivity index (χ3v) is 6.85. The summed E-state index contributed by atoms with van der Waals surface area (Å²) < 4.78 is 18.8. The average Bonchev–Trinajstić information content (AvgIpc) is 3.21. The fourth-order valence-electron chi connectivity index (χ4n) is 5.11. The third kappa shape index (κ3) is 4.80. The molecule has 2 aromatic carbocycles. The molecule has 0 spiro atoms. The van der Waals surface area contributed by atoms with E-state index in [2.05, 4.69) is 4.90 Å². The van der Waals surface area contributed by atoms with Gasteiger partial charge in [0.05, 0.1) is 38.3 Å². The van der Waals surface area contributed by atoms with Crippen LogP contribution in [0.15, 0.2) is 51.7 Å². The minimum atomic E-state index is -0.518. The molecule has 0 saturated carbocycles. The molecular formula is C28H31N5O4. The van der Waals surface area contributed by atoms with E-state index in [-0.39, 0.29) is 0 Å². The highest BCUT2D eigenvalue weighted by atomic mass is 16.5. The first kappa shape index (κ1) is 24.9. The molecule has 0 unspecified atom stereocenters. The van der Waals surface area contributed by atoms with Gasteiger partial charge in [0.2, 0.25) is 0 Å². The molecule has 0 amide bonds. The summed E-state index contributed by atoms with van der Waals surface area (Å²) in [5, 5.41) is 17.3. The Morgan fingerprint density at radius 3 is 2.43 bits per heavy atom. The van der Waals surface area contributed by atoms with Crippen LogP contribution in [0.1, 0.15) is 36.6 Å². The number of morpholine rings is 1. The number of hydrogen-bond acceptors (Lipinski definition) is 8. The zero-order valence-electron chi connectivity index (χ0n) is 21.3. The molecule has 192 valence electrons. The Morgan fingerprint density at radius 2 is 1.78 bits per heavy atom. The summed E-state index contributed by atoms with van der Waals surface area (Å²) in [4.78, 5) is 20.4. The Hall–Kier alpha value is -3.82. The average molecular weight is 502 g/mol. The third-order valence-electron chi connectivity index (χ3n) is 6.85. The smallest absolute Gasteiger partial charge is 0.420 e. The van der Waals surface area contributed by atoms with Crippen molar-refractivity contribution in [2.75, 3.05) is 33.4 Å². The van der Waals surface area contributed by atoms with Crippen LogP contribution in [0.5, 0.6) is 5.75 Å². The first-order valence-electron chi connectivity index (χ1n) is 12.3. The number of oxazole rings is 1. The van der Waals surface area contributed by atoms with E-state index in [0.29, 0.717) is 71.3 Å². The van der Waals surface area contributed by atoms with Gasteiger partial charge in [-0.15, -0.1) is 0 Å². The zero-order valence-corrected chi connectivity index (χ0v) is 21.3. The minimum Gasteiger partial charge on any atom is -0.496 e. The standard InChI is InChI=1S/C28H31N5O4/c1-17(29)25(18(2)30)21-13-22-20(14-24(21)35-3)26-27(23(31-22)16-32-9-11-36-12-10-32)37-28(34)33(26)15-19-7-5-4-6-8-19/h4-8,13-14,25,29-30H,9-12,15-16H2,1-3H3. The first-order chi connectivity index (χ1) is 17.9. The van der Waals surface area contributed by atoms with Crippen molar-refractivity contribution in [1.29, 1.82) is 10.8 Å². The fourth-order valence-corrected chi connectivity index (χ4v) is 5.11. The lowest BCUT2D eigenvalue weighted by molar-refractivity contribution is 0.0337. The molecule has 9 heteroatoms. The van der Waals surface area contributed by atoms with Crippen molar-refractivity contribution in [2.45, 2.75) is 32.9 Å². The second kappa shape index (κ2) is 10.3. The van der Waals surface area contributed by atoms with Gasteiger partial charge in [0.25, 0.3) is 0 Å². The van der Waals surface area contributed by atoms with Crippen molar-refractivity contribution in [1.82, 2.24) is 14.5 Å². The van der Waals surface area contributed by atoms with Gasteiger partial charge in [0, 0.05) is 42.0 Å². The van der Waals surface area contributed by atoms with Crippen LogP contribution in [-0.4, -0.2) is 59.3 Å². The van der Waals surface area contributed by atoms with Crippen molar-refractivity contribution in [3.05, 3.63) is 69.8 Å². The van der Waals surface area contributed by atoms with Crippen LogP contribution in [0.25, 0.3) is 22.0 Å². The molecule has 1 aliphatic rings. The Bertz CT molecular complexity index is 1520. The van der Waals surface area contributed by atoms with Gasteiger partial charge in [0.15, 0.2) is 5.58 Å². The Balaban J connectivity index is 1.78. The molecule has 3 heterocycles. The number of hydrogen-bond donors (Lipinski definition) is 2. The van der Waals surface area contributed by atoms with Crippen LogP contribution in [0, 0.1) is 10.8 Å². The number of aromatic nitrogens is 2. The van der Waals surface area contributed by atoms with Gasteiger partial charge in [-0.3, -0.25) is 9.47 Å². The fraction of sp³-hybridized carbons (Fsp3) is 0.357. The summed E-state index contributed by atoms with van der Waals surface area (Å²) >= 11 is 0. The van der Waals surface area contributed by atoms with Crippen LogP contribution >= 0.6 is 0 Å². The van der Waals surface area contributed by atoms with E-state index in [0.717, 1.165) is 24.0 Å². The second-order valence-electron chi connectivity index (χ2n) is 9.47. The lowest BCUT2D eigenvalue weighted by Crippen LogP contribution is -2.35. The topological polar surface area (TPSA) is 117 Å². The molecule has 2 aromatic heterocycles. The van der Waals surface area contributed by atoms with Gasteiger partial charge in [0.1, 0.15) is 17.0 Å². The SMILES string of the molecule is COc1cc2c(cc1C(C(C)=N)C(C)=N)nc(CN1CCOCC1)c1oc(=O)n(Cc3ccccc3)c12. The van der Waals surface area contributed by atoms with E-state index in [1.165, 1.54) is 0 Å². The molecule has 0 atom stereocenters. The second-order valence-corrected chi connectivity index (χ2v) is 9.47. The zero-order chi connectivity index (χ0) is 26.1. The van der Waals surface area contributed by atoms with Gasteiger partial charge in [-0.2, -0.15) is 0 Å². The summed E-state index contributed by atoms with van der Waals surface area (Å²) in [6, 6.07) is 13.5. The number of fused-ring (bicyclic) bond motifs is 3. The number of ether oxygens (including phenoxy) is 2. The molecule has 2 N–H and O–H groups in total. The molecule has 37 heavy (non-hydrogen) atoms. The van der Waals surface area contributed by atoms with E-state index in [1.54, 1.807) is 25.5 Å². The van der Waals surface area contributed by atoms with Gasteiger partial charge in [-0.1, -0.05) is 30.3 Å². The van der Waals surface area contributed by atoms with Crippen LogP contribution in [-0.2, 0) is 17.8 Å². The van der Waals surface area contributed by atoms with Crippen LogP contribution in [0.4, 0.5) is 0 Å². The highest BCUT2D eigenvalue weighted by molar-refractivity contribution is 6.10. The van der Waals surface area contributed by atoms with E-state index in [1.807, 2.05) is 42.5 Å². The maximum Gasteiger partial charge on any atom is 0.420 e. The molecular weight excluding hydrogens is 470 g/mol. The molecule has 4 aromatic rings. The number of rotatable bonds is 8. The van der Waals surface area contributed by atoms with Crippen LogP contribution in [0.3, 0.4) is 0 Å². The van der Waals surface area contributed by atoms with Gasteiger partial charge < -0.3 is 24.7 Å². The maximum atomic E-state index is 13.2. The van der Waals surface area contributed by atoms with E-state index >= 15 is 0 Å². The lowest BCUT2D eigenvalue weighted by Gasteiger charge is -2.26. The number of benzene rings is 2. The summed E-state index contributed by atoms with van der Waals surface area (Å²) in [5.41, 5.74) is 4.88. The van der Waals surface area contributed by atoms with Crippen molar-refractivity contribution < 1.29 is 13.9 Å². The Labute approximate surface area is 214 Å². The quantitative estimate of drug-likeness (QED) is 0.350. The Morgan fingerprint density at radius 1 is 1.08 bits per heavy atom. The van der Waals surface area contributed by atoms with Crippen LogP contribution in [0.2, 0.25) is 0 Å². The molecule has 0 radical (unpaired) electrons. The highest BCUT2D eigenvalue weighted by Gasteiger charge is 2.26. The first-order valence-corrected chi connectivity index (χ1v) is 12.3. The molecule has 1 saturated heterocycles. The molecule has 5 rings (SSSR count). The minimum absolute atomic E-state index is 0.351.